The highest BCUT2D eigenvalue weighted by Gasteiger charge is 2.09. The van der Waals surface area contributed by atoms with Crippen LogP contribution in [0.25, 0.3) is 22.2 Å². The summed E-state index contributed by atoms with van der Waals surface area (Å²) in [4.78, 5) is 13.0. The van der Waals surface area contributed by atoms with Gasteiger partial charge in [-0.25, -0.2) is 9.67 Å². The number of pyridine rings is 1. The molecule has 0 saturated heterocycles. The van der Waals surface area contributed by atoms with Crippen molar-refractivity contribution in [2.75, 3.05) is 0 Å². The number of thiazole rings is 1. The lowest BCUT2D eigenvalue weighted by molar-refractivity contribution is 0.854. The number of hydrogen-bond donors (Lipinski definition) is 1. The van der Waals surface area contributed by atoms with Crippen LogP contribution >= 0.6 is 27.3 Å². The smallest absolute Gasteiger partial charge is 0.211 e. The molecule has 0 atom stereocenters. The maximum atomic E-state index is 4.81. The van der Waals surface area contributed by atoms with Crippen LogP contribution in [0.5, 0.6) is 0 Å². The number of nitrogens with zero attached hydrogens (tertiary/aromatic N) is 4. The summed E-state index contributed by atoms with van der Waals surface area (Å²) < 4.78 is 2.89. The van der Waals surface area contributed by atoms with Crippen LogP contribution in [0.2, 0.25) is 0 Å². The Kier molecular flexibility index (Phi) is 5.13. The van der Waals surface area contributed by atoms with Crippen LogP contribution in [0.3, 0.4) is 0 Å². The lowest BCUT2D eigenvalue weighted by Crippen LogP contribution is -2.11. The molecule has 5 rings (SSSR count). The molecule has 0 saturated carbocycles. The molecule has 0 bridgehead atoms. The second kappa shape index (κ2) is 8.22. The summed E-state index contributed by atoms with van der Waals surface area (Å²) in [6, 6.07) is 20.2. The van der Waals surface area contributed by atoms with Crippen molar-refractivity contribution in [1.82, 2.24) is 14.6 Å². The van der Waals surface area contributed by atoms with Gasteiger partial charge in [-0.05, 0) is 30.3 Å². The van der Waals surface area contributed by atoms with Crippen molar-refractivity contribution in [2.24, 2.45) is 10.1 Å². The van der Waals surface area contributed by atoms with Crippen LogP contribution in [-0.2, 0) is 0 Å². The molecule has 0 amide bonds. The molecule has 5 nitrogen and oxygen atoms in total. The van der Waals surface area contributed by atoms with Gasteiger partial charge < -0.3 is 4.98 Å². The second-order valence-corrected chi connectivity index (χ2v) is 8.34. The number of fused-ring (bicyclic) bond motifs is 1. The fourth-order valence-corrected chi connectivity index (χ4v) is 4.44. The van der Waals surface area contributed by atoms with E-state index in [0.29, 0.717) is 0 Å². The molecule has 7 heteroatoms. The van der Waals surface area contributed by atoms with Gasteiger partial charge in [0.2, 0.25) is 4.80 Å². The molecule has 3 heterocycles. The largest absolute Gasteiger partial charge is 0.361 e. The Bertz CT molecular complexity index is 1410. The van der Waals surface area contributed by atoms with Crippen molar-refractivity contribution in [3.05, 3.63) is 99.5 Å². The highest BCUT2D eigenvalue weighted by molar-refractivity contribution is 9.10. The van der Waals surface area contributed by atoms with Gasteiger partial charge in [0.25, 0.3) is 0 Å². The molecule has 0 spiro atoms. The number of aromatic amines is 1. The van der Waals surface area contributed by atoms with E-state index in [0.717, 1.165) is 42.7 Å². The van der Waals surface area contributed by atoms with Gasteiger partial charge in [0, 0.05) is 44.3 Å². The standard InChI is InChI=1S/C23H16BrN5S/c24-18-6-3-5-16(11-18)22-15-30-23(28-19-7-4-10-25-14-19)29(22)27-13-17-12-26-21-9-2-1-8-20(17)21/h1-15,26H. The predicted molar refractivity (Wildman–Crippen MR) is 126 cm³/mol. The Morgan fingerprint density at radius 3 is 2.87 bits per heavy atom. The number of nitrogens with one attached hydrogen (secondary N) is 1. The van der Waals surface area contributed by atoms with Crippen molar-refractivity contribution < 1.29 is 0 Å². The van der Waals surface area contributed by atoms with Crippen molar-refractivity contribution in [2.45, 2.75) is 0 Å². The van der Waals surface area contributed by atoms with Crippen LogP contribution in [0.15, 0.2) is 99.2 Å². The van der Waals surface area contributed by atoms with E-state index in [1.54, 1.807) is 23.7 Å². The van der Waals surface area contributed by atoms with E-state index in [1.807, 2.05) is 53.5 Å². The van der Waals surface area contributed by atoms with Crippen LogP contribution in [-0.4, -0.2) is 20.9 Å². The number of aromatic nitrogens is 3. The van der Waals surface area contributed by atoms with Crippen molar-refractivity contribution in [3.63, 3.8) is 0 Å². The van der Waals surface area contributed by atoms with Gasteiger partial charge in [-0.2, -0.15) is 5.10 Å². The molecule has 0 aliphatic rings. The highest BCUT2D eigenvalue weighted by Crippen LogP contribution is 2.24. The van der Waals surface area contributed by atoms with E-state index in [2.05, 4.69) is 55.5 Å². The summed E-state index contributed by atoms with van der Waals surface area (Å²) >= 11 is 5.11. The number of benzene rings is 2. The van der Waals surface area contributed by atoms with E-state index in [9.17, 15) is 0 Å². The zero-order chi connectivity index (χ0) is 20.3. The summed E-state index contributed by atoms with van der Waals surface area (Å²) in [7, 11) is 0. The molecule has 1 N–H and O–H groups in total. The van der Waals surface area contributed by atoms with Crippen molar-refractivity contribution in [1.29, 1.82) is 0 Å². The maximum absolute atomic E-state index is 4.81. The summed E-state index contributed by atoms with van der Waals surface area (Å²) in [5.41, 5.74) is 4.93. The topological polar surface area (TPSA) is 58.3 Å². The molecule has 30 heavy (non-hydrogen) atoms. The molecule has 0 aliphatic heterocycles. The number of hydrogen-bond acceptors (Lipinski definition) is 4. The minimum atomic E-state index is 0.772. The Balaban J connectivity index is 1.66. The minimum Gasteiger partial charge on any atom is -0.361 e. The zero-order valence-corrected chi connectivity index (χ0v) is 18.1. The molecule has 5 aromatic rings. The first kappa shape index (κ1) is 18.7. The summed E-state index contributed by atoms with van der Waals surface area (Å²) in [5, 5.41) is 8.02. The van der Waals surface area contributed by atoms with E-state index in [1.165, 1.54) is 0 Å². The first-order valence-electron chi connectivity index (χ1n) is 9.30. The summed E-state index contributed by atoms with van der Waals surface area (Å²) in [6.07, 6.45) is 7.32. The van der Waals surface area contributed by atoms with Crippen LogP contribution in [0.4, 0.5) is 5.69 Å². The fourth-order valence-electron chi connectivity index (χ4n) is 3.19. The van der Waals surface area contributed by atoms with Gasteiger partial charge in [-0.15, -0.1) is 11.3 Å². The monoisotopic (exact) mass is 473 g/mol. The van der Waals surface area contributed by atoms with E-state index < -0.39 is 0 Å². The molecule has 0 radical (unpaired) electrons. The second-order valence-electron chi connectivity index (χ2n) is 6.58. The molecule has 0 aliphatic carbocycles. The molecule has 0 unspecified atom stereocenters. The number of halogens is 1. The Morgan fingerprint density at radius 2 is 2.00 bits per heavy atom. The molecule has 3 aromatic heterocycles. The first-order valence-corrected chi connectivity index (χ1v) is 11.0. The van der Waals surface area contributed by atoms with E-state index >= 15 is 0 Å². The lowest BCUT2D eigenvalue weighted by Gasteiger charge is -2.04. The number of rotatable bonds is 4. The highest BCUT2D eigenvalue weighted by atomic mass is 79.9. The third kappa shape index (κ3) is 3.77. The zero-order valence-electron chi connectivity index (χ0n) is 15.7. The van der Waals surface area contributed by atoms with E-state index in [-0.39, 0.29) is 0 Å². The Morgan fingerprint density at radius 1 is 1.07 bits per heavy atom. The molecule has 146 valence electrons. The van der Waals surface area contributed by atoms with Crippen molar-refractivity contribution in [3.8, 4) is 11.3 Å². The molecule has 2 aromatic carbocycles. The van der Waals surface area contributed by atoms with Gasteiger partial charge in [0.1, 0.15) is 0 Å². The van der Waals surface area contributed by atoms with Gasteiger partial charge in [-0.1, -0.05) is 46.3 Å². The summed E-state index contributed by atoms with van der Waals surface area (Å²) in [5.74, 6) is 0. The number of para-hydroxylation sites is 1. The molecule has 0 fully saturated rings. The van der Waals surface area contributed by atoms with Crippen LogP contribution < -0.4 is 4.80 Å². The first-order chi connectivity index (χ1) is 14.8. The predicted octanol–water partition coefficient (Wildman–Crippen LogP) is 5.97. The average molecular weight is 474 g/mol. The Hall–Kier alpha value is -3.29. The van der Waals surface area contributed by atoms with Crippen molar-refractivity contribution >= 4 is 50.1 Å². The van der Waals surface area contributed by atoms with Gasteiger partial charge in [-0.3, -0.25) is 4.98 Å². The van der Waals surface area contributed by atoms with Gasteiger partial charge >= 0.3 is 0 Å². The minimum absolute atomic E-state index is 0.772. The SMILES string of the molecule is Brc1cccc(-c2csc(=Nc3cccnc3)n2N=Cc2c[nH]c3ccccc23)c1. The van der Waals surface area contributed by atoms with Crippen LogP contribution in [0.1, 0.15) is 5.56 Å². The average Bonchev–Trinajstić information content (AvgIpc) is 3.37. The third-order valence-electron chi connectivity index (χ3n) is 4.61. The quantitative estimate of drug-likeness (QED) is 0.321. The maximum Gasteiger partial charge on any atom is 0.211 e. The van der Waals surface area contributed by atoms with Gasteiger partial charge in [0.15, 0.2) is 0 Å². The molecular formula is C23H16BrN5S. The normalized spacial score (nSPS) is 12.2. The van der Waals surface area contributed by atoms with E-state index in [4.69, 9.17) is 10.1 Å². The Labute approximate surface area is 185 Å². The fraction of sp³-hybridized carbons (Fsp3) is 0. The van der Waals surface area contributed by atoms with Crippen LogP contribution in [0, 0.1) is 0 Å². The third-order valence-corrected chi connectivity index (χ3v) is 5.92. The molecular weight excluding hydrogens is 458 g/mol. The number of H-pyrrole nitrogens is 1. The van der Waals surface area contributed by atoms with Gasteiger partial charge in [0.05, 0.1) is 23.8 Å². The summed E-state index contributed by atoms with van der Waals surface area (Å²) in [6.45, 7) is 0. The lowest BCUT2D eigenvalue weighted by atomic mass is 10.2.